The van der Waals surface area contributed by atoms with E-state index in [-0.39, 0.29) is 18.1 Å². The number of amides is 1. The van der Waals surface area contributed by atoms with E-state index >= 15 is 0 Å². The lowest BCUT2D eigenvalue weighted by molar-refractivity contribution is -0.122. The van der Waals surface area contributed by atoms with Crippen LogP contribution >= 0.6 is 11.6 Å². The average Bonchev–Trinajstić information content (AvgIpc) is 2.23. The number of nitrogens with two attached hydrogens (primary N) is 1. The Bertz CT molecular complexity index is 425. The highest BCUT2D eigenvalue weighted by Gasteiger charge is 2.16. The Labute approximate surface area is 104 Å². The third-order valence-electron chi connectivity index (χ3n) is 2.35. The molecular weight excluding hydrogens is 245 g/mol. The molecule has 0 heterocycles. The van der Waals surface area contributed by atoms with Crippen LogP contribution in [0.25, 0.3) is 0 Å². The van der Waals surface area contributed by atoms with Crippen LogP contribution < -0.4 is 16.6 Å². The van der Waals surface area contributed by atoms with Crippen molar-refractivity contribution >= 4 is 17.5 Å². The average molecular weight is 260 g/mol. The normalized spacial score (nSPS) is 12.3. The van der Waals surface area contributed by atoms with Crippen LogP contribution in [0.2, 0.25) is 5.02 Å². The molecule has 0 bridgehead atoms. The molecule has 4 N–H and O–H groups in total. The maximum Gasteiger partial charge on any atom is 0.235 e. The molecule has 1 rings (SSSR count). The topological polar surface area (TPSA) is 67.1 Å². The van der Waals surface area contributed by atoms with Crippen molar-refractivity contribution in [2.75, 3.05) is 7.05 Å². The lowest BCUT2D eigenvalue weighted by Gasteiger charge is -2.14. The first-order chi connectivity index (χ1) is 7.95. The van der Waals surface area contributed by atoms with Gasteiger partial charge in [-0.25, -0.2) is 9.82 Å². The van der Waals surface area contributed by atoms with Crippen LogP contribution in [0.3, 0.4) is 0 Å². The molecule has 94 valence electrons. The zero-order valence-electron chi connectivity index (χ0n) is 9.68. The van der Waals surface area contributed by atoms with Crippen molar-refractivity contribution in [3.63, 3.8) is 0 Å². The quantitative estimate of drug-likeness (QED) is 0.717. The highest BCUT2D eigenvalue weighted by atomic mass is 35.5. The number of rotatable bonds is 4. The molecule has 0 aliphatic carbocycles. The number of hydrogen-bond donors (Lipinski definition) is 3. The minimum absolute atomic E-state index is 0.0308. The molecule has 17 heavy (non-hydrogen) atoms. The van der Waals surface area contributed by atoms with Gasteiger partial charge in [-0.15, -0.1) is 0 Å². The number of aryl methyl sites for hydroxylation is 1. The standard InChI is InChI=1S/C11H15ClFN3O/c1-6-3-8(12)7(4-9(6)13)10(14)5-11(17)16-15-2/h3-4,10,15H,5,14H2,1-2H3,(H,16,17). The minimum atomic E-state index is -0.633. The van der Waals surface area contributed by atoms with Crippen molar-refractivity contribution in [3.05, 3.63) is 34.1 Å². The summed E-state index contributed by atoms with van der Waals surface area (Å²) >= 11 is 5.96. The van der Waals surface area contributed by atoms with E-state index in [9.17, 15) is 9.18 Å². The second-order valence-corrected chi connectivity index (χ2v) is 4.14. The summed E-state index contributed by atoms with van der Waals surface area (Å²) in [7, 11) is 1.57. The van der Waals surface area contributed by atoms with Crippen molar-refractivity contribution in [2.45, 2.75) is 19.4 Å². The molecule has 0 aromatic heterocycles. The number of hydrazine groups is 1. The van der Waals surface area contributed by atoms with E-state index < -0.39 is 6.04 Å². The Hall–Kier alpha value is -1.17. The summed E-state index contributed by atoms with van der Waals surface area (Å²) in [5.41, 5.74) is 11.6. The van der Waals surface area contributed by atoms with Crippen molar-refractivity contribution < 1.29 is 9.18 Å². The second-order valence-electron chi connectivity index (χ2n) is 3.73. The van der Waals surface area contributed by atoms with Crippen LogP contribution in [0.5, 0.6) is 0 Å². The third-order valence-corrected chi connectivity index (χ3v) is 2.67. The van der Waals surface area contributed by atoms with Gasteiger partial charge in [0, 0.05) is 24.5 Å². The van der Waals surface area contributed by atoms with Gasteiger partial charge in [0.25, 0.3) is 0 Å². The van der Waals surface area contributed by atoms with Gasteiger partial charge in [-0.3, -0.25) is 10.2 Å². The predicted octanol–water partition coefficient (Wildman–Crippen LogP) is 1.43. The van der Waals surface area contributed by atoms with Crippen LogP contribution in [0, 0.1) is 12.7 Å². The number of nitrogens with one attached hydrogen (secondary N) is 2. The molecule has 1 aromatic rings. The summed E-state index contributed by atoms with van der Waals surface area (Å²) in [6, 6.07) is 2.14. The largest absolute Gasteiger partial charge is 0.323 e. The van der Waals surface area contributed by atoms with E-state index in [4.69, 9.17) is 17.3 Å². The lowest BCUT2D eigenvalue weighted by atomic mass is 10.0. The summed E-state index contributed by atoms with van der Waals surface area (Å²) in [5.74, 6) is -0.661. The number of halogens is 2. The Balaban J connectivity index is 2.85. The van der Waals surface area contributed by atoms with Crippen LogP contribution in [0.1, 0.15) is 23.6 Å². The van der Waals surface area contributed by atoms with E-state index in [2.05, 4.69) is 10.9 Å². The molecule has 1 unspecified atom stereocenters. The van der Waals surface area contributed by atoms with Crippen LogP contribution in [0.4, 0.5) is 4.39 Å². The summed E-state index contributed by atoms with van der Waals surface area (Å²) in [6.07, 6.45) is 0.0308. The first kappa shape index (κ1) is 13.9. The molecule has 0 radical (unpaired) electrons. The second kappa shape index (κ2) is 5.95. The Morgan fingerprint density at radius 1 is 1.59 bits per heavy atom. The van der Waals surface area contributed by atoms with E-state index in [0.29, 0.717) is 16.1 Å². The smallest absolute Gasteiger partial charge is 0.235 e. The summed E-state index contributed by atoms with van der Waals surface area (Å²) < 4.78 is 13.4. The van der Waals surface area contributed by atoms with Gasteiger partial charge in [-0.2, -0.15) is 0 Å². The van der Waals surface area contributed by atoms with Gasteiger partial charge in [-0.1, -0.05) is 11.6 Å². The fourth-order valence-corrected chi connectivity index (χ4v) is 1.80. The molecule has 4 nitrogen and oxygen atoms in total. The first-order valence-corrected chi connectivity index (χ1v) is 5.50. The Morgan fingerprint density at radius 3 is 2.82 bits per heavy atom. The minimum Gasteiger partial charge on any atom is -0.323 e. The van der Waals surface area contributed by atoms with Gasteiger partial charge < -0.3 is 5.73 Å². The zero-order chi connectivity index (χ0) is 13.0. The lowest BCUT2D eigenvalue weighted by Crippen LogP contribution is -2.36. The Kier molecular flexibility index (Phi) is 4.86. The van der Waals surface area contributed by atoms with Crippen LogP contribution in [-0.4, -0.2) is 13.0 Å². The number of benzene rings is 1. The zero-order valence-corrected chi connectivity index (χ0v) is 10.4. The molecule has 0 spiro atoms. The molecule has 1 aromatic carbocycles. The molecule has 0 aliphatic rings. The van der Waals surface area contributed by atoms with Crippen molar-refractivity contribution in [3.8, 4) is 0 Å². The molecule has 6 heteroatoms. The van der Waals surface area contributed by atoms with E-state index in [1.54, 1.807) is 14.0 Å². The van der Waals surface area contributed by atoms with Gasteiger partial charge in [0.15, 0.2) is 0 Å². The van der Waals surface area contributed by atoms with Gasteiger partial charge >= 0.3 is 0 Å². The molecule has 0 aliphatic heterocycles. The maximum atomic E-state index is 13.4. The molecule has 1 atom stereocenters. The number of carbonyl (C=O) groups excluding carboxylic acids is 1. The molecule has 0 saturated heterocycles. The predicted molar refractivity (Wildman–Crippen MR) is 64.9 cm³/mol. The monoisotopic (exact) mass is 259 g/mol. The van der Waals surface area contributed by atoms with Crippen molar-refractivity contribution in [1.82, 2.24) is 10.9 Å². The molecule has 0 fully saturated rings. The summed E-state index contributed by atoms with van der Waals surface area (Å²) in [4.78, 5) is 11.3. The van der Waals surface area contributed by atoms with Crippen LogP contribution in [0.15, 0.2) is 12.1 Å². The van der Waals surface area contributed by atoms with E-state index in [1.807, 2.05) is 0 Å². The number of carbonyl (C=O) groups is 1. The summed E-state index contributed by atoms with van der Waals surface area (Å²) in [5, 5.41) is 0.369. The van der Waals surface area contributed by atoms with Gasteiger partial charge in [0.2, 0.25) is 5.91 Å². The maximum absolute atomic E-state index is 13.4. The highest BCUT2D eigenvalue weighted by Crippen LogP contribution is 2.26. The van der Waals surface area contributed by atoms with Crippen LogP contribution in [-0.2, 0) is 4.79 Å². The van der Waals surface area contributed by atoms with E-state index in [1.165, 1.54) is 12.1 Å². The number of hydrogen-bond acceptors (Lipinski definition) is 3. The molecule has 1 amide bonds. The fourth-order valence-electron chi connectivity index (χ4n) is 1.45. The van der Waals surface area contributed by atoms with Crippen molar-refractivity contribution in [2.24, 2.45) is 5.73 Å². The first-order valence-electron chi connectivity index (χ1n) is 5.12. The van der Waals surface area contributed by atoms with Gasteiger partial charge in [-0.05, 0) is 30.2 Å². The fraction of sp³-hybridized carbons (Fsp3) is 0.364. The van der Waals surface area contributed by atoms with Gasteiger partial charge in [0.05, 0.1) is 0 Å². The van der Waals surface area contributed by atoms with Gasteiger partial charge in [0.1, 0.15) is 5.82 Å². The molecular formula is C11H15ClFN3O. The Morgan fingerprint density at radius 2 is 2.24 bits per heavy atom. The van der Waals surface area contributed by atoms with Crippen molar-refractivity contribution in [1.29, 1.82) is 0 Å². The van der Waals surface area contributed by atoms with E-state index in [0.717, 1.165) is 0 Å². The summed E-state index contributed by atoms with van der Waals surface area (Å²) in [6.45, 7) is 1.62. The SMILES string of the molecule is CNNC(=O)CC(N)c1cc(F)c(C)cc1Cl. The third kappa shape index (κ3) is 3.66. The molecule has 0 saturated carbocycles. The highest BCUT2D eigenvalue weighted by molar-refractivity contribution is 6.31.